The Bertz CT molecular complexity index is 1200. The predicted molar refractivity (Wildman–Crippen MR) is 108 cm³/mol. The molecule has 3 nitrogen and oxygen atoms in total. The summed E-state index contributed by atoms with van der Waals surface area (Å²) < 4.78 is 27.7. The van der Waals surface area contributed by atoms with Gasteiger partial charge >= 0.3 is 0 Å². The molecule has 1 aliphatic carbocycles. The molecule has 1 unspecified atom stereocenters. The molecule has 5 rings (SSSR count). The Labute approximate surface area is 166 Å². The van der Waals surface area contributed by atoms with E-state index in [1.807, 2.05) is 54.6 Å². The Morgan fingerprint density at radius 1 is 0.862 bits per heavy atom. The van der Waals surface area contributed by atoms with Gasteiger partial charge in [-0.1, -0.05) is 54.6 Å². The minimum atomic E-state index is -0.851. The standard InChI is InChI=1S/C24H17F2N3/c25-19-10-9-17(14-20(19)26)24(16-6-2-1-3-7-16)12-11-18-22(15-24)28-29-23(18)21-8-4-5-13-27-21/h1-14H,15H2,(H,28,29). The number of fused-ring (bicyclic) bond motifs is 1. The fourth-order valence-electron chi connectivity index (χ4n) is 4.03. The number of pyridine rings is 1. The van der Waals surface area contributed by atoms with E-state index in [1.54, 1.807) is 12.3 Å². The highest BCUT2D eigenvalue weighted by Gasteiger charge is 2.37. The van der Waals surface area contributed by atoms with Gasteiger partial charge in [-0.05, 0) is 35.4 Å². The maximum Gasteiger partial charge on any atom is 0.159 e. The van der Waals surface area contributed by atoms with Crippen molar-refractivity contribution in [3.8, 4) is 11.4 Å². The van der Waals surface area contributed by atoms with Gasteiger partial charge in [-0.3, -0.25) is 10.1 Å². The van der Waals surface area contributed by atoms with Crippen LogP contribution in [0.5, 0.6) is 0 Å². The highest BCUT2D eigenvalue weighted by molar-refractivity contribution is 5.74. The van der Waals surface area contributed by atoms with Crippen LogP contribution in [0.3, 0.4) is 0 Å². The fourth-order valence-corrected chi connectivity index (χ4v) is 4.03. The lowest BCUT2D eigenvalue weighted by Crippen LogP contribution is -2.30. The van der Waals surface area contributed by atoms with Crippen LogP contribution in [0.15, 0.2) is 79.0 Å². The van der Waals surface area contributed by atoms with Gasteiger partial charge < -0.3 is 0 Å². The topological polar surface area (TPSA) is 41.6 Å². The van der Waals surface area contributed by atoms with Crippen molar-refractivity contribution in [3.05, 3.63) is 113 Å². The van der Waals surface area contributed by atoms with Crippen LogP contribution in [0.4, 0.5) is 8.78 Å². The first-order valence-corrected chi connectivity index (χ1v) is 9.36. The second kappa shape index (κ2) is 6.78. The molecule has 2 heterocycles. The molecule has 0 spiro atoms. The third kappa shape index (κ3) is 2.86. The van der Waals surface area contributed by atoms with Gasteiger partial charge in [0.15, 0.2) is 11.6 Å². The molecule has 5 heteroatoms. The minimum absolute atomic E-state index is 0.549. The monoisotopic (exact) mass is 385 g/mol. The van der Waals surface area contributed by atoms with Gasteiger partial charge in [-0.2, -0.15) is 5.10 Å². The number of rotatable bonds is 3. The molecule has 4 aromatic rings. The minimum Gasteiger partial charge on any atom is -0.281 e. The summed E-state index contributed by atoms with van der Waals surface area (Å²) in [6.07, 6.45) is 6.34. The molecule has 0 saturated carbocycles. The molecule has 29 heavy (non-hydrogen) atoms. The summed E-state index contributed by atoms with van der Waals surface area (Å²) >= 11 is 0. The number of benzene rings is 2. The van der Waals surface area contributed by atoms with Gasteiger partial charge in [0.2, 0.25) is 0 Å². The average molecular weight is 385 g/mol. The lowest BCUT2D eigenvalue weighted by molar-refractivity contribution is 0.502. The zero-order valence-corrected chi connectivity index (χ0v) is 15.4. The van der Waals surface area contributed by atoms with E-state index >= 15 is 0 Å². The molecular formula is C24H17F2N3. The molecule has 1 N–H and O–H groups in total. The third-order valence-electron chi connectivity index (χ3n) is 5.50. The molecule has 0 bridgehead atoms. The Morgan fingerprint density at radius 2 is 1.69 bits per heavy atom. The van der Waals surface area contributed by atoms with E-state index in [-0.39, 0.29) is 0 Å². The van der Waals surface area contributed by atoms with Crippen molar-refractivity contribution in [3.63, 3.8) is 0 Å². The van der Waals surface area contributed by atoms with E-state index < -0.39 is 17.0 Å². The van der Waals surface area contributed by atoms with Crippen LogP contribution < -0.4 is 0 Å². The summed E-state index contributed by atoms with van der Waals surface area (Å²) in [5.41, 5.74) is 4.54. The van der Waals surface area contributed by atoms with E-state index in [4.69, 9.17) is 0 Å². The van der Waals surface area contributed by atoms with Crippen molar-refractivity contribution in [2.24, 2.45) is 0 Å². The molecule has 1 aliphatic rings. The molecule has 0 fully saturated rings. The first-order chi connectivity index (χ1) is 14.2. The summed E-state index contributed by atoms with van der Waals surface area (Å²) in [5, 5.41) is 7.62. The molecule has 0 saturated heterocycles. The zero-order chi connectivity index (χ0) is 19.8. The van der Waals surface area contributed by atoms with Crippen LogP contribution >= 0.6 is 0 Å². The largest absolute Gasteiger partial charge is 0.281 e. The SMILES string of the molecule is Fc1ccc(C2(c3ccccc3)C=Cc3c(-c4ccccn4)n[nH]c3C2)cc1F. The zero-order valence-electron chi connectivity index (χ0n) is 15.4. The number of allylic oxidation sites excluding steroid dienone is 1. The van der Waals surface area contributed by atoms with E-state index in [2.05, 4.69) is 21.3 Å². The van der Waals surface area contributed by atoms with Crippen molar-refractivity contribution in [1.82, 2.24) is 15.2 Å². The van der Waals surface area contributed by atoms with Crippen LogP contribution in [0.25, 0.3) is 17.5 Å². The first kappa shape index (κ1) is 17.5. The number of aromatic amines is 1. The molecule has 2 aromatic heterocycles. The molecular weight excluding hydrogens is 368 g/mol. The second-order valence-electron chi connectivity index (χ2n) is 7.16. The van der Waals surface area contributed by atoms with Crippen LogP contribution in [0, 0.1) is 11.6 Å². The molecule has 0 radical (unpaired) electrons. The van der Waals surface area contributed by atoms with Gasteiger partial charge in [0.25, 0.3) is 0 Å². The lowest BCUT2D eigenvalue weighted by Gasteiger charge is -2.34. The maximum atomic E-state index is 14.1. The number of nitrogens with one attached hydrogen (secondary N) is 1. The number of H-pyrrole nitrogens is 1. The Kier molecular flexibility index (Phi) is 4.09. The molecule has 0 aliphatic heterocycles. The second-order valence-corrected chi connectivity index (χ2v) is 7.16. The summed E-state index contributed by atoms with van der Waals surface area (Å²) in [4.78, 5) is 4.40. The number of nitrogens with zero attached hydrogens (tertiary/aromatic N) is 2. The Morgan fingerprint density at radius 3 is 2.45 bits per heavy atom. The van der Waals surface area contributed by atoms with Crippen molar-refractivity contribution in [2.75, 3.05) is 0 Å². The van der Waals surface area contributed by atoms with Gasteiger partial charge in [0.1, 0.15) is 5.69 Å². The van der Waals surface area contributed by atoms with Gasteiger partial charge in [0.05, 0.1) is 5.69 Å². The van der Waals surface area contributed by atoms with E-state index in [9.17, 15) is 8.78 Å². The molecule has 0 amide bonds. The van der Waals surface area contributed by atoms with Crippen LogP contribution in [0.2, 0.25) is 0 Å². The summed E-state index contributed by atoms with van der Waals surface area (Å²) in [6, 6.07) is 19.7. The predicted octanol–water partition coefficient (Wildman–Crippen LogP) is 5.31. The maximum absolute atomic E-state index is 14.1. The molecule has 142 valence electrons. The van der Waals surface area contributed by atoms with Crippen molar-refractivity contribution < 1.29 is 8.78 Å². The van der Waals surface area contributed by atoms with E-state index in [0.717, 1.165) is 28.2 Å². The van der Waals surface area contributed by atoms with Crippen molar-refractivity contribution in [2.45, 2.75) is 11.8 Å². The Balaban J connectivity index is 1.67. The summed E-state index contributed by atoms with van der Waals surface area (Å²) in [6.45, 7) is 0. The van der Waals surface area contributed by atoms with Gasteiger partial charge in [-0.25, -0.2) is 8.78 Å². The van der Waals surface area contributed by atoms with E-state index in [1.165, 1.54) is 12.1 Å². The Hall–Kier alpha value is -3.60. The third-order valence-corrected chi connectivity index (χ3v) is 5.50. The van der Waals surface area contributed by atoms with Crippen LogP contribution in [-0.2, 0) is 11.8 Å². The quantitative estimate of drug-likeness (QED) is 0.520. The number of halogens is 2. The number of hydrogen-bond acceptors (Lipinski definition) is 2. The average Bonchev–Trinajstić information content (AvgIpc) is 3.20. The van der Waals surface area contributed by atoms with Crippen molar-refractivity contribution >= 4 is 6.08 Å². The summed E-state index contributed by atoms with van der Waals surface area (Å²) in [5.74, 6) is -1.70. The van der Waals surface area contributed by atoms with Gasteiger partial charge in [0, 0.05) is 29.3 Å². The first-order valence-electron chi connectivity index (χ1n) is 9.36. The van der Waals surface area contributed by atoms with Crippen LogP contribution in [0.1, 0.15) is 22.4 Å². The number of aromatic nitrogens is 3. The van der Waals surface area contributed by atoms with E-state index in [0.29, 0.717) is 12.0 Å². The summed E-state index contributed by atoms with van der Waals surface area (Å²) in [7, 11) is 0. The number of hydrogen-bond donors (Lipinski definition) is 1. The lowest BCUT2D eigenvalue weighted by atomic mass is 9.68. The molecule has 1 atom stereocenters. The van der Waals surface area contributed by atoms with Crippen LogP contribution in [-0.4, -0.2) is 15.2 Å². The fraction of sp³-hybridized carbons (Fsp3) is 0.0833. The van der Waals surface area contributed by atoms with Crippen molar-refractivity contribution in [1.29, 1.82) is 0 Å². The highest BCUT2D eigenvalue weighted by atomic mass is 19.2. The normalized spacial score (nSPS) is 17.9. The molecule has 2 aromatic carbocycles. The highest BCUT2D eigenvalue weighted by Crippen LogP contribution is 2.43. The van der Waals surface area contributed by atoms with Gasteiger partial charge in [-0.15, -0.1) is 0 Å². The smallest absolute Gasteiger partial charge is 0.159 e.